The van der Waals surface area contributed by atoms with E-state index in [1.807, 2.05) is 30.3 Å². The summed E-state index contributed by atoms with van der Waals surface area (Å²) in [4.78, 5) is 12.9. The fourth-order valence-electron chi connectivity index (χ4n) is 3.92. The lowest BCUT2D eigenvalue weighted by molar-refractivity contribution is -0.118. The first-order valence-corrected chi connectivity index (χ1v) is 9.94. The molecule has 0 fully saturated rings. The smallest absolute Gasteiger partial charge is 0.239 e. The predicted octanol–water partition coefficient (Wildman–Crippen LogP) is 2.94. The lowest BCUT2D eigenvalue weighted by atomic mass is 9.91. The number of carbonyl (C=O) groups excluding carboxylic acids is 1. The molecule has 2 heterocycles. The van der Waals surface area contributed by atoms with Crippen LogP contribution in [-0.4, -0.2) is 34.0 Å². The van der Waals surface area contributed by atoms with Crippen molar-refractivity contribution in [3.05, 3.63) is 71.5 Å². The van der Waals surface area contributed by atoms with Crippen molar-refractivity contribution in [2.45, 2.75) is 26.5 Å². The van der Waals surface area contributed by atoms with Gasteiger partial charge in [-0.15, -0.1) is 0 Å². The maximum atomic E-state index is 11.3. The maximum absolute atomic E-state index is 11.3. The second-order valence-electron chi connectivity index (χ2n) is 7.50. The van der Waals surface area contributed by atoms with Crippen LogP contribution in [0.15, 0.2) is 54.9 Å². The van der Waals surface area contributed by atoms with Gasteiger partial charge >= 0.3 is 0 Å². The minimum Gasteiger partial charge on any atom is -0.369 e. The zero-order chi connectivity index (χ0) is 22.0. The highest BCUT2D eigenvalue weighted by Gasteiger charge is 2.26. The molecule has 0 spiro atoms. The number of aromatic nitrogens is 2. The summed E-state index contributed by atoms with van der Waals surface area (Å²) in [5.74, 6) is 0.0495. The Hall–Kier alpha value is -3.78. The molecule has 0 bridgehead atoms. The Bertz CT molecular complexity index is 1150. The summed E-state index contributed by atoms with van der Waals surface area (Å²) >= 11 is 0. The number of primary amides is 1. The van der Waals surface area contributed by atoms with Gasteiger partial charge in [-0.3, -0.25) is 25.2 Å². The van der Waals surface area contributed by atoms with Gasteiger partial charge in [0.15, 0.2) is 0 Å². The number of nitrogens with one attached hydrogen (secondary N) is 2. The van der Waals surface area contributed by atoms with Crippen LogP contribution in [-0.2, 0) is 29.1 Å². The first-order valence-electron chi connectivity index (χ1n) is 9.94. The fourth-order valence-corrected chi connectivity index (χ4v) is 3.92. The second kappa shape index (κ2) is 8.53. The van der Waals surface area contributed by atoms with Gasteiger partial charge in [-0.25, -0.2) is 0 Å². The van der Waals surface area contributed by atoms with Gasteiger partial charge in [-0.2, -0.15) is 5.10 Å². The molecule has 31 heavy (non-hydrogen) atoms. The molecular weight excluding hydrogens is 392 g/mol. The lowest BCUT2D eigenvalue weighted by Crippen LogP contribution is -2.36. The van der Waals surface area contributed by atoms with E-state index in [0.29, 0.717) is 13.0 Å². The zero-order valence-corrected chi connectivity index (χ0v) is 17.3. The highest BCUT2D eigenvalue weighted by atomic mass is 16.5. The Kier molecular flexibility index (Phi) is 5.64. The van der Waals surface area contributed by atoms with Crippen LogP contribution in [0.2, 0.25) is 0 Å². The molecule has 4 N–H and O–H groups in total. The third-order valence-electron chi connectivity index (χ3n) is 5.22. The van der Waals surface area contributed by atoms with Crippen LogP contribution in [0.1, 0.15) is 23.6 Å². The molecule has 1 aliphatic heterocycles. The number of hydrogen-bond donors (Lipinski definition) is 3. The van der Waals surface area contributed by atoms with Crippen molar-refractivity contribution < 1.29 is 9.53 Å². The molecule has 8 heteroatoms. The summed E-state index contributed by atoms with van der Waals surface area (Å²) in [7, 11) is 0. The number of carbonyl (C=O) groups is 1. The average Bonchev–Trinajstić information content (AvgIpc) is 3.10. The van der Waals surface area contributed by atoms with Gasteiger partial charge in [-0.05, 0) is 36.1 Å². The minimum atomic E-state index is -0.454. The second-order valence-corrected chi connectivity index (χ2v) is 7.50. The molecule has 1 amide bonds. The molecule has 158 valence electrons. The van der Waals surface area contributed by atoms with E-state index in [-0.39, 0.29) is 24.8 Å². The van der Waals surface area contributed by atoms with Crippen molar-refractivity contribution in [3.8, 4) is 11.1 Å². The number of anilines is 1. The van der Waals surface area contributed by atoms with Gasteiger partial charge in [0, 0.05) is 17.3 Å². The molecule has 3 aromatic rings. The van der Waals surface area contributed by atoms with Crippen LogP contribution >= 0.6 is 0 Å². The van der Waals surface area contributed by atoms with E-state index in [1.54, 1.807) is 24.2 Å². The molecule has 0 saturated carbocycles. The molecule has 2 aromatic carbocycles. The first kappa shape index (κ1) is 20.5. The molecule has 4 rings (SSSR count). The molecular formula is C23H24N6O2. The van der Waals surface area contributed by atoms with E-state index in [9.17, 15) is 4.79 Å². The van der Waals surface area contributed by atoms with Crippen molar-refractivity contribution in [1.82, 2.24) is 9.78 Å². The Morgan fingerprint density at radius 3 is 2.68 bits per heavy atom. The van der Waals surface area contributed by atoms with Crippen LogP contribution in [0.5, 0.6) is 0 Å². The minimum absolute atomic E-state index is 0.0139. The van der Waals surface area contributed by atoms with Crippen LogP contribution in [0.25, 0.3) is 11.1 Å². The van der Waals surface area contributed by atoms with E-state index in [2.05, 4.69) is 17.2 Å². The fraction of sp³-hybridized carbons (Fsp3) is 0.217. The van der Waals surface area contributed by atoms with Gasteiger partial charge in [0.1, 0.15) is 24.8 Å². The molecule has 0 saturated heterocycles. The predicted molar refractivity (Wildman–Crippen MR) is 119 cm³/mol. The molecule has 0 atom stereocenters. The summed E-state index contributed by atoms with van der Waals surface area (Å²) in [6, 6.07) is 14.0. The number of benzene rings is 2. The van der Waals surface area contributed by atoms with E-state index in [4.69, 9.17) is 21.3 Å². The van der Waals surface area contributed by atoms with Gasteiger partial charge < -0.3 is 10.5 Å². The van der Waals surface area contributed by atoms with Crippen LogP contribution in [0.4, 0.5) is 5.69 Å². The number of rotatable bonds is 5. The summed E-state index contributed by atoms with van der Waals surface area (Å²) in [6.45, 7) is 2.16. The Morgan fingerprint density at radius 1 is 1.19 bits per heavy atom. The quantitative estimate of drug-likeness (QED) is 0.437. The van der Waals surface area contributed by atoms with Gasteiger partial charge in [0.2, 0.25) is 5.91 Å². The molecule has 8 nitrogen and oxygen atoms in total. The molecule has 1 aliphatic rings. The summed E-state index contributed by atoms with van der Waals surface area (Å²) in [5.41, 5.74) is 11.1. The maximum Gasteiger partial charge on any atom is 0.239 e. The number of nitrogens with two attached hydrogens (primary N) is 1. The third-order valence-corrected chi connectivity index (χ3v) is 5.22. The Labute approximate surface area is 180 Å². The van der Waals surface area contributed by atoms with Crippen LogP contribution in [0.3, 0.4) is 0 Å². The standard InChI is InChI=1S/C23H24N6O2/c1-15(24)29-21-8-7-18(17-10-27-28(11-17)12-23(26)30)19(9-16-5-3-2-4-6-16)20(21)13-31-14-22(29)25/h2-8,10-11,24-25H,9,12-14H2,1H3,(H2,26,30). The van der Waals surface area contributed by atoms with Crippen molar-refractivity contribution in [1.29, 1.82) is 10.8 Å². The normalized spacial score (nSPS) is 13.6. The lowest BCUT2D eigenvalue weighted by Gasteiger charge is -2.25. The van der Waals surface area contributed by atoms with E-state index in [0.717, 1.165) is 33.5 Å². The van der Waals surface area contributed by atoms with Crippen LogP contribution in [0, 0.1) is 10.8 Å². The molecule has 1 aromatic heterocycles. The largest absolute Gasteiger partial charge is 0.369 e. The number of amidine groups is 2. The van der Waals surface area contributed by atoms with Crippen molar-refractivity contribution in [2.75, 3.05) is 11.5 Å². The zero-order valence-electron chi connectivity index (χ0n) is 17.3. The SMILES string of the molecule is CC(=N)N1C(=N)COCc2c1ccc(-c1cnn(CC(N)=O)c1)c2Cc1ccccc1. The molecule has 0 unspecified atom stereocenters. The van der Waals surface area contributed by atoms with E-state index < -0.39 is 5.91 Å². The van der Waals surface area contributed by atoms with Crippen molar-refractivity contribution in [3.63, 3.8) is 0 Å². The van der Waals surface area contributed by atoms with Gasteiger partial charge in [-0.1, -0.05) is 36.4 Å². The number of amides is 1. The van der Waals surface area contributed by atoms with Gasteiger partial charge in [0.05, 0.1) is 18.5 Å². The Balaban J connectivity index is 1.88. The van der Waals surface area contributed by atoms with Crippen molar-refractivity contribution in [2.24, 2.45) is 5.73 Å². The first-order chi connectivity index (χ1) is 14.9. The van der Waals surface area contributed by atoms with Crippen LogP contribution < -0.4 is 10.6 Å². The van der Waals surface area contributed by atoms with Gasteiger partial charge in [0.25, 0.3) is 0 Å². The number of fused-ring (bicyclic) bond motifs is 1. The highest BCUT2D eigenvalue weighted by molar-refractivity contribution is 6.17. The van der Waals surface area contributed by atoms with E-state index >= 15 is 0 Å². The third kappa shape index (κ3) is 4.24. The monoisotopic (exact) mass is 416 g/mol. The van der Waals surface area contributed by atoms with Crippen molar-refractivity contribution >= 4 is 23.3 Å². The van der Waals surface area contributed by atoms with E-state index in [1.165, 1.54) is 4.68 Å². The summed E-state index contributed by atoms with van der Waals surface area (Å²) in [5, 5.41) is 20.8. The summed E-state index contributed by atoms with van der Waals surface area (Å²) < 4.78 is 7.32. The highest BCUT2D eigenvalue weighted by Crippen LogP contribution is 2.36. The number of ether oxygens (including phenoxy) is 1. The average molecular weight is 416 g/mol. The topological polar surface area (TPSA) is 121 Å². The summed E-state index contributed by atoms with van der Waals surface area (Å²) in [6.07, 6.45) is 4.18. The number of hydrogen-bond acceptors (Lipinski definition) is 5. The molecule has 0 radical (unpaired) electrons. The molecule has 0 aliphatic carbocycles. The number of nitrogens with zero attached hydrogens (tertiary/aromatic N) is 3. The Morgan fingerprint density at radius 2 is 1.97 bits per heavy atom.